The van der Waals surface area contributed by atoms with E-state index in [0.717, 1.165) is 56.7 Å². The fraction of sp³-hybridized carbons (Fsp3) is 0.650. The summed E-state index contributed by atoms with van der Waals surface area (Å²) in [5.74, 6) is 0.844. The van der Waals surface area contributed by atoms with E-state index >= 15 is 0 Å². The summed E-state index contributed by atoms with van der Waals surface area (Å²) in [6.07, 6.45) is 4.18. The maximum Gasteiger partial charge on any atom is 0.191 e. The number of ether oxygens (including phenoxy) is 2. The van der Waals surface area contributed by atoms with Crippen LogP contribution in [0.15, 0.2) is 29.3 Å². The van der Waals surface area contributed by atoms with Gasteiger partial charge in [0.25, 0.3) is 0 Å². The predicted molar refractivity (Wildman–Crippen MR) is 107 cm³/mol. The standard InChI is InChI=1S/C20H29ClN4O2/c1-22-20(24-17-12-16-5-6-19(17)27-16)23-13-18(25-7-9-26-10-8-25)14-3-2-4-15(21)11-14/h2-4,11,16-19H,5-10,12-13H2,1H3,(H2,22,23,24). The molecular weight excluding hydrogens is 364 g/mol. The molecule has 0 saturated carbocycles. The first-order chi connectivity index (χ1) is 13.2. The minimum atomic E-state index is 0.224. The van der Waals surface area contributed by atoms with Crippen LogP contribution in [0.2, 0.25) is 5.02 Å². The molecule has 3 aliphatic rings. The molecule has 7 heteroatoms. The summed E-state index contributed by atoms with van der Waals surface area (Å²) in [7, 11) is 1.83. The first-order valence-electron chi connectivity index (χ1n) is 9.93. The minimum absolute atomic E-state index is 0.224. The first kappa shape index (κ1) is 19.0. The highest BCUT2D eigenvalue weighted by atomic mass is 35.5. The van der Waals surface area contributed by atoms with Crippen LogP contribution in [0.25, 0.3) is 0 Å². The Labute approximate surface area is 166 Å². The molecule has 4 unspecified atom stereocenters. The molecule has 4 atom stereocenters. The fourth-order valence-electron chi connectivity index (χ4n) is 4.41. The Morgan fingerprint density at radius 2 is 2.19 bits per heavy atom. The van der Waals surface area contributed by atoms with Crippen molar-refractivity contribution in [2.75, 3.05) is 39.9 Å². The second kappa shape index (κ2) is 8.78. The van der Waals surface area contributed by atoms with Crippen molar-refractivity contribution < 1.29 is 9.47 Å². The molecule has 6 nitrogen and oxygen atoms in total. The number of rotatable bonds is 5. The molecule has 1 aromatic rings. The number of nitrogens with one attached hydrogen (secondary N) is 2. The third kappa shape index (κ3) is 4.57. The predicted octanol–water partition coefficient (Wildman–Crippen LogP) is 2.20. The number of hydrogen-bond donors (Lipinski definition) is 2. The zero-order chi connectivity index (χ0) is 18.6. The van der Waals surface area contributed by atoms with Gasteiger partial charge in [0, 0.05) is 31.7 Å². The first-order valence-corrected chi connectivity index (χ1v) is 10.3. The van der Waals surface area contributed by atoms with Crippen molar-refractivity contribution in [1.29, 1.82) is 0 Å². The van der Waals surface area contributed by atoms with Crippen LogP contribution in [-0.4, -0.2) is 69.0 Å². The zero-order valence-electron chi connectivity index (χ0n) is 15.9. The summed E-state index contributed by atoms with van der Waals surface area (Å²) in [6, 6.07) is 8.73. The molecule has 0 amide bonds. The number of nitrogens with zero attached hydrogens (tertiary/aromatic N) is 2. The zero-order valence-corrected chi connectivity index (χ0v) is 16.6. The Morgan fingerprint density at radius 3 is 2.85 bits per heavy atom. The molecule has 3 aliphatic heterocycles. The van der Waals surface area contributed by atoms with E-state index < -0.39 is 0 Å². The monoisotopic (exact) mass is 392 g/mol. The van der Waals surface area contributed by atoms with Crippen molar-refractivity contribution >= 4 is 17.6 Å². The third-order valence-corrected chi connectivity index (χ3v) is 6.07. The Bertz CT molecular complexity index is 665. The fourth-order valence-corrected chi connectivity index (χ4v) is 4.61. The van der Waals surface area contributed by atoms with Crippen LogP contribution in [-0.2, 0) is 9.47 Å². The van der Waals surface area contributed by atoms with Crippen LogP contribution in [0, 0.1) is 0 Å². The van der Waals surface area contributed by atoms with Crippen molar-refractivity contribution in [3.63, 3.8) is 0 Å². The number of fused-ring (bicyclic) bond motifs is 2. The number of guanidine groups is 1. The lowest BCUT2D eigenvalue weighted by Gasteiger charge is -2.35. The van der Waals surface area contributed by atoms with Gasteiger partial charge in [-0.15, -0.1) is 0 Å². The molecular formula is C20H29ClN4O2. The number of benzene rings is 1. The van der Waals surface area contributed by atoms with Gasteiger partial charge in [0.15, 0.2) is 5.96 Å². The smallest absolute Gasteiger partial charge is 0.191 e. The molecule has 2 bridgehead atoms. The summed E-state index contributed by atoms with van der Waals surface area (Å²) in [5, 5.41) is 7.86. The highest BCUT2D eigenvalue weighted by molar-refractivity contribution is 6.30. The molecule has 3 fully saturated rings. The van der Waals surface area contributed by atoms with Gasteiger partial charge >= 0.3 is 0 Å². The highest BCUT2D eigenvalue weighted by Crippen LogP contribution is 2.34. The Balaban J connectivity index is 1.41. The molecule has 3 heterocycles. The number of hydrogen-bond acceptors (Lipinski definition) is 4. The van der Waals surface area contributed by atoms with Gasteiger partial charge in [-0.25, -0.2) is 0 Å². The van der Waals surface area contributed by atoms with E-state index in [4.69, 9.17) is 21.1 Å². The van der Waals surface area contributed by atoms with E-state index in [1.165, 1.54) is 12.0 Å². The molecule has 0 spiro atoms. The van der Waals surface area contributed by atoms with E-state index in [1.807, 2.05) is 19.2 Å². The van der Waals surface area contributed by atoms with E-state index in [1.54, 1.807) is 0 Å². The largest absolute Gasteiger partial charge is 0.379 e. The van der Waals surface area contributed by atoms with Gasteiger partial charge in [-0.2, -0.15) is 0 Å². The van der Waals surface area contributed by atoms with Crippen LogP contribution in [0.4, 0.5) is 0 Å². The lowest BCUT2D eigenvalue weighted by atomic mass is 9.96. The molecule has 0 aromatic heterocycles. The Morgan fingerprint density at radius 1 is 1.33 bits per heavy atom. The van der Waals surface area contributed by atoms with Gasteiger partial charge in [-0.1, -0.05) is 23.7 Å². The van der Waals surface area contributed by atoms with Gasteiger partial charge in [0.2, 0.25) is 0 Å². The lowest BCUT2D eigenvalue weighted by molar-refractivity contribution is 0.0170. The van der Waals surface area contributed by atoms with Crippen LogP contribution in [0.3, 0.4) is 0 Å². The van der Waals surface area contributed by atoms with E-state index in [-0.39, 0.29) is 6.04 Å². The Hall–Kier alpha value is -1.34. The van der Waals surface area contributed by atoms with Gasteiger partial charge in [-0.3, -0.25) is 9.89 Å². The average Bonchev–Trinajstić information content (AvgIpc) is 3.31. The van der Waals surface area contributed by atoms with E-state index in [0.29, 0.717) is 18.2 Å². The topological polar surface area (TPSA) is 58.1 Å². The van der Waals surface area contributed by atoms with Crippen molar-refractivity contribution in [2.24, 2.45) is 4.99 Å². The highest BCUT2D eigenvalue weighted by Gasteiger charge is 2.41. The van der Waals surface area contributed by atoms with Crippen LogP contribution >= 0.6 is 11.6 Å². The van der Waals surface area contributed by atoms with Gasteiger partial charge in [0.1, 0.15) is 0 Å². The maximum atomic E-state index is 6.25. The maximum absolute atomic E-state index is 6.25. The van der Waals surface area contributed by atoms with Crippen molar-refractivity contribution in [3.8, 4) is 0 Å². The third-order valence-electron chi connectivity index (χ3n) is 5.83. The van der Waals surface area contributed by atoms with Gasteiger partial charge < -0.3 is 20.1 Å². The Kier molecular flexibility index (Phi) is 6.18. The average molecular weight is 393 g/mol. The van der Waals surface area contributed by atoms with Crippen LogP contribution in [0.1, 0.15) is 30.9 Å². The molecule has 27 heavy (non-hydrogen) atoms. The molecule has 3 saturated heterocycles. The van der Waals surface area contributed by atoms with Crippen LogP contribution in [0.5, 0.6) is 0 Å². The number of morpholine rings is 1. The minimum Gasteiger partial charge on any atom is -0.379 e. The van der Waals surface area contributed by atoms with Crippen molar-refractivity contribution in [2.45, 2.75) is 43.6 Å². The van der Waals surface area contributed by atoms with Crippen LogP contribution < -0.4 is 10.6 Å². The molecule has 0 radical (unpaired) electrons. The van der Waals surface area contributed by atoms with Gasteiger partial charge in [0.05, 0.1) is 37.5 Å². The summed E-state index contributed by atoms with van der Waals surface area (Å²) in [5.41, 5.74) is 1.22. The summed E-state index contributed by atoms with van der Waals surface area (Å²) in [4.78, 5) is 6.89. The molecule has 1 aromatic carbocycles. The molecule has 2 N–H and O–H groups in total. The number of aliphatic imine (C=N–C) groups is 1. The second-order valence-electron chi connectivity index (χ2n) is 7.53. The normalized spacial score (nSPS) is 29.7. The quantitative estimate of drug-likeness (QED) is 0.594. The summed E-state index contributed by atoms with van der Waals surface area (Å²) in [6.45, 7) is 4.15. The number of halogens is 1. The molecule has 0 aliphatic carbocycles. The van der Waals surface area contributed by atoms with Crippen molar-refractivity contribution in [3.05, 3.63) is 34.9 Å². The summed E-state index contributed by atoms with van der Waals surface area (Å²) < 4.78 is 11.5. The molecule has 4 rings (SSSR count). The van der Waals surface area contributed by atoms with E-state index in [2.05, 4.69) is 32.7 Å². The molecule has 148 valence electrons. The second-order valence-corrected chi connectivity index (χ2v) is 7.97. The SMILES string of the molecule is CN=C(NCC(c1cccc(Cl)c1)N1CCOCC1)NC1CC2CCC1O2. The van der Waals surface area contributed by atoms with Gasteiger partial charge in [-0.05, 0) is 37.0 Å². The van der Waals surface area contributed by atoms with Crippen molar-refractivity contribution in [1.82, 2.24) is 15.5 Å². The van der Waals surface area contributed by atoms with E-state index in [9.17, 15) is 0 Å². The summed E-state index contributed by atoms with van der Waals surface area (Å²) >= 11 is 6.25. The lowest BCUT2D eigenvalue weighted by Crippen LogP contribution is -2.50.